The van der Waals surface area contributed by atoms with Crippen LogP contribution in [0.1, 0.15) is 5.56 Å². The molecule has 0 fully saturated rings. The maximum absolute atomic E-state index is 5.48. The van der Waals surface area contributed by atoms with Gasteiger partial charge >= 0.3 is 0 Å². The minimum atomic E-state index is 0.391. The monoisotopic (exact) mass is 202 g/mol. The number of nitrogens with two attached hydrogens (primary N) is 1. The van der Waals surface area contributed by atoms with Gasteiger partial charge in [0.1, 0.15) is 6.33 Å². The number of anilines is 1. The maximum Gasteiger partial charge on any atom is 0.263 e. The molecule has 0 aliphatic heterocycles. The first-order valence-electron chi connectivity index (χ1n) is 4.35. The Balaban J connectivity index is 2.00. The second-order valence-electron chi connectivity index (χ2n) is 2.84. The van der Waals surface area contributed by atoms with Crippen LogP contribution in [-0.4, -0.2) is 21.1 Å². The van der Waals surface area contributed by atoms with Crippen molar-refractivity contribution < 1.29 is 0 Å². The van der Waals surface area contributed by atoms with Gasteiger partial charge in [0, 0.05) is 0 Å². The van der Waals surface area contributed by atoms with Gasteiger partial charge in [0.2, 0.25) is 0 Å². The van der Waals surface area contributed by atoms with Crippen molar-refractivity contribution in [3.63, 3.8) is 0 Å². The minimum absolute atomic E-state index is 0.391. The fourth-order valence-electron chi connectivity index (χ4n) is 1.03. The van der Waals surface area contributed by atoms with E-state index in [4.69, 9.17) is 5.84 Å². The number of nitrogen functional groups attached to an aromatic ring is 1. The van der Waals surface area contributed by atoms with E-state index in [1.807, 2.05) is 30.3 Å². The van der Waals surface area contributed by atoms with Crippen LogP contribution in [0.5, 0.6) is 0 Å². The molecule has 1 aromatic carbocycles. The van der Waals surface area contributed by atoms with E-state index < -0.39 is 0 Å². The lowest BCUT2D eigenvalue weighted by Gasteiger charge is -1.97. The standard InChI is InChI=1S/C9H10N6/c10-15-7-12-14-9(15)13-11-6-8-4-2-1-3-5-8/h1-7H,10H2,(H,13,14). The zero-order valence-corrected chi connectivity index (χ0v) is 7.91. The largest absolute Gasteiger partial charge is 0.335 e. The van der Waals surface area contributed by atoms with Gasteiger partial charge in [-0.3, -0.25) is 0 Å². The lowest BCUT2D eigenvalue weighted by Crippen LogP contribution is -2.10. The molecule has 0 spiro atoms. The molecule has 2 rings (SSSR count). The molecule has 1 aromatic heterocycles. The summed E-state index contributed by atoms with van der Waals surface area (Å²) in [4.78, 5) is 0. The normalized spacial score (nSPS) is 10.7. The van der Waals surface area contributed by atoms with Crippen molar-refractivity contribution in [3.8, 4) is 0 Å². The molecule has 0 aliphatic carbocycles. The SMILES string of the molecule is Nn1cnnc1NN=Cc1ccccc1. The van der Waals surface area contributed by atoms with Gasteiger partial charge in [-0.2, -0.15) is 5.10 Å². The Labute approximate surface area is 86.4 Å². The summed E-state index contributed by atoms with van der Waals surface area (Å²) in [6, 6.07) is 9.71. The second kappa shape index (κ2) is 4.23. The van der Waals surface area contributed by atoms with E-state index in [0.717, 1.165) is 5.56 Å². The third-order valence-corrected chi connectivity index (χ3v) is 1.75. The summed E-state index contributed by atoms with van der Waals surface area (Å²) in [5.41, 5.74) is 3.67. The first kappa shape index (κ1) is 9.20. The Hall–Kier alpha value is -2.37. The number of rotatable bonds is 3. The molecule has 0 saturated carbocycles. The number of aromatic nitrogens is 3. The molecule has 0 aliphatic rings. The fourth-order valence-corrected chi connectivity index (χ4v) is 1.03. The van der Waals surface area contributed by atoms with Gasteiger partial charge in [-0.15, -0.1) is 10.2 Å². The molecule has 0 bridgehead atoms. The molecule has 0 unspecified atom stereocenters. The van der Waals surface area contributed by atoms with E-state index in [1.54, 1.807) is 6.21 Å². The Kier molecular flexibility index (Phi) is 2.59. The average Bonchev–Trinajstić information content (AvgIpc) is 2.66. The zero-order chi connectivity index (χ0) is 10.5. The molecule has 2 aromatic rings. The molecule has 1 heterocycles. The smallest absolute Gasteiger partial charge is 0.263 e. The van der Waals surface area contributed by atoms with Crippen molar-refractivity contribution in [1.82, 2.24) is 14.9 Å². The predicted octanol–water partition coefficient (Wildman–Crippen LogP) is 0.438. The van der Waals surface area contributed by atoms with Gasteiger partial charge in [0.05, 0.1) is 6.21 Å². The van der Waals surface area contributed by atoms with Crippen LogP contribution in [0.25, 0.3) is 0 Å². The van der Waals surface area contributed by atoms with Gasteiger partial charge in [-0.1, -0.05) is 30.3 Å². The van der Waals surface area contributed by atoms with Crippen molar-refractivity contribution in [2.24, 2.45) is 5.10 Å². The Morgan fingerprint density at radius 1 is 1.33 bits per heavy atom. The molecule has 0 amide bonds. The molecular formula is C9H10N6. The topological polar surface area (TPSA) is 81.1 Å². The first-order valence-corrected chi connectivity index (χ1v) is 4.35. The quantitative estimate of drug-likeness (QED) is 0.430. The third-order valence-electron chi connectivity index (χ3n) is 1.75. The number of nitrogens with one attached hydrogen (secondary N) is 1. The van der Waals surface area contributed by atoms with E-state index >= 15 is 0 Å². The van der Waals surface area contributed by atoms with Crippen LogP contribution in [0.15, 0.2) is 41.8 Å². The van der Waals surface area contributed by atoms with Gasteiger partial charge in [-0.05, 0) is 5.56 Å². The predicted molar refractivity (Wildman–Crippen MR) is 57.8 cm³/mol. The highest BCUT2D eigenvalue weighted by atomic mass is 15.5. The number of hydrogen-bond donors (Lipinski definition) is 2. The molecule has 0 saturated heterocycles. The van der Waals surface area contributed by atoms with Crippen molar-refractivity contribution in [1.29, 1.82) is 0 Å². The highest BCUT2D eigenvalue weighted by Gasteiger charge is 1.96. The van der Waals surface area contributed by atoms with Crippen LogP contribution in [0, 0.1) is 0 Å². The lowest BCUT2D eigenvalue weighted by atomic mass is 10.2. The van der Waals surface area contributed by atoms with Crippen molar-refractivity contribution in [2.45, 2.75) is 0 Å². The van der Waals surface area contributed by atoms with Gasteiger partial charge in [0.15, 0.2) is 0 Å². The van der Waals surface area contributed by atoms with Gasteiger partial charge in [0.25, 0.3) is 5.95 Å². The number of nitrogens with zero attached hydrogens (tertiary/aromatic N) is 4. The van der Waals surface area contributed by atoms with E-state index in [-0.39, 0.29) is 0 Å². The highest BCUT2D eigenvalue weighted by molar-refractivity contribution is 5.79. The Bertz CT molecular complexity index is 447. The Morgan fingerprint density at radius 2 is 2.13 bits per heavy atom. The van der Waals surface area contributed by atoms with Crippen molar-refractivity contribution >= 4 is 12.2 Å². The summed E-state index contributed by atoms with van der Waals surface area (Å²) in [5.74, 6) is 5.87. The van der Waals surface area contributed by atoms with Gasteiger partial charge < -0.3 is 5.84 Å². The average molecular weight is 202 g/mol. The molecule has 6 nitrogen and oxygen atoms in total. The van der Waals surface area contributed by atoms with E-state index in [2.05, 4.69) is 20.7 Å². The van der Waals surface area contributed by atoms with E-state index in [9.17, 15) is 0 Å². The van der Waals surface area contributed by atoms with Crippen LogP contribution in [0.4, 0.5) is 5.95 Å². The Morgan fingerprint density at radius 3 is 2.80 bits per heavy atom. The number of hydrazone groups is 1. The summed E-state index contributed by atoms with van der Waals surface area (Å²) in [6.07, 6.45) is 3.06. The number of benzene rings is 1. The summed E-state index contributed by atoms with van der Waals surface area (Å²) in [6.45, 7) is 0. The molecule has 76 valence electrons. The fraction of sp³-hybridized carbons (Fsp3) is 0. The minimum Gasteiger partial charge on any atom is -0.335 e. The lowest BCUT2D eigenvalue weighted by molar-refractivity contribution is 0.988. The molecule has 15 heavy (non-hydrogen) atoms. The summed E-state index contributed by atoms with van der Waals surface area (Å²) in [7, 11) is 0. The van der Waals surface area contributed by atoms with E-state index in [0.29, 0.717) is 5.95 Å². The van der Waals surface area contributed by atoms with Crippen LogP contribution >= 0.6 is 0 Å². The molecule has 3 N–H and O–H groups in total. The summed E-state index contributed by atoms with van der Waals surface area (Å²) in [5, 5.41) is 11.3. The zero-order valence-electron chi connectivity index (χ0n) is 7.91. The highest BCUT2D eigenvalue weighted by Crippen LogP contribution is 1.97. The molecule has 0 radical (unpaired) electrons. The first-order chi connectivity index (χ1) is 7.36. The molecule has 0 atom stereocenters. The van der Waals surface area contributed by atoms with Crippen LogP contribution in [-0.2, 0) is 0 Å². The van der Waals surface area contributed by atoms with Crippen LogP contribution in [0.2, 0.25) is 0 Å². The maximum atomic E-state index is 5.48. The summed E-state index contributed by atoms with van der Waals surface area (Å²) >= 11 is 0. The second-order valence-corrected chi connectivity index (χ2v) is 2.84. The van der Waals surface area contributed by atoms with Crippen molar-refractivity contribution in [3.05, 3.63) is 42.2 Å². The molecule has 6 heteroatoms. The van der Waals surface area contributed by atoms with E-state index in [1.165, 1.54) is 11.0 Å². The molecular weight excluding hydrogens is 192 g/mol. The van der Waals surface area contributed by atoms with Crippen LogP contribution < -0.4 is 11.3 Å². The van der Waals surface area contributed by atoms with Crippen molar-refractivity contribution in [2.75, 3.05) is 11.3 Å². The number of hydrogen-bond acceptors (Lipinski definition) is 5. The van der Waals surface area contributed by atoms with Gasteiger partial charge in [-0.25, -0.2) is 10.1 Å². The summed E-state index contributed by atoms with van der Waals surface area (Å²) < 4.78 is 1.25. The van der Waals surface area contributed by atoms with Crippen LogP contribution in [0.3, 0.4) is 0 Å². The third kappa shape index (κ3) is 2.31.